The van der Waals surface area contributed by atoms with Gasteiger partial charge in [-0.2, -0.15) is 0 Å². The van der Waals surface area contributed by atoms with Gasteiger partial charge in [0.15, 0.2) is 0 Å². The molecule has 1 aliphatic rings. The molecule has 4 heteroatoms. The van der Waals surface area contributed by atoms with Crippen LogP contribution >= 0.6 is 15.9 Å². The number of hydrogen-bond donors (Lipinski definition) is 2. The molecule has 3 atom stereocenters. The molecule has 21 heavy (non-hydrogen) atoms. The molecular weight excluding hydrogens is 328 g/mol. The van der Waals surface area contributed by atoms with Gasteiger partial charge in [0.2, 0.25) is 5.91 Å². The zero-order valence-electron chi connectivity index (χ0n) is 13.0. The van der Waals surface area contributed by atoms with E-state index >= 15 is 0 Å². The average Bonchev–Trinajstić information content (AvgIpc) is 2.44. The second kappa shape index (κ2) is 6.49. The molecular formula is C17H25BrN2O. The Labute approximate surface area is 135 Å². The lowest BCUT2D eigenvalue weighted by Crippen LogP contribution is -2.51. The van der Waals surface area contributed by atoms with Gasteiger partial charge in [-0.3, -0.25) is 4.79 Å². The Kier molecular flexibility index (Phi) is 5.10. The topological polar surface area (TPSA) is 55.1 Å². The smallest absolute Gasteiger partial charge is 0.223 e. The fourth-order valence-electron chi connectivity index (χ4n) is 3.23. The summed E-state index contributed by atoms with van der Waals surface area (Å²) < 4.78 is 1.05. The summed E-state index contributed by atoms with van der Waals surface area (Å²) in [6, 6.07) is 8.24. The van der Waals surface area contributed by atoms with Crippen molar-refractivity contribution in [3.63, 3.8) is 0 Å². The molecule has 1 aromatic carbocycles. The first-order chi connectivity index (χ1) is 9.82. The van der Waals surface area contributed by atoms with Crippen LogP contribution in [0.3, 0.4) is 0 Å². The molecule has 0 aromatic heterocycles. The molecule has 1 fully saturated rings. The van der Waals surface area contributed by atoms with Crippen molar-refractivity contribution in [2.24, 2.45) is 23.0 Å². The van der Waals surface area contributed by atoms with E-state index in [2.05, 4.69) is 42.0 Å². The minimum atomic E-state index is -0.0541. The first-order valence-corrected chi connectivity index (χ1v) is 8.39. The molecule has 3 N–H and O–H groups in total. The van der Waals surface area contributed by atoms with Crippen LogP contribution in [0.5, 0.6) is 0 Å². The molecule has 1 aliphatic carbocycles. The van der Waals surface area contributed by atoms with E-state index in [1.165, 1.54) is 0 Å². The van der Waals surface area contributed by atoms with Crippen LogP contribution in [0, 0.1) is 17.3 Å². The van der Waals surface area contributed by atoms with Crippen molar-refractivity contribution in [3.8, 4) is 0 Å². The predicted molar refractivity (Wildman–Crippen MR) is 89.6 cm³/mol. The standard InChI is InChI=1S/C17H25BrN2O/c1-11-15(19)9-8-14(17(11,2)3)16(21)20-10-12-4-6-13(18)7-5-12/h4-7,11,14-15H,8-10,19H2,1-3H3,(H,20,21). The molecule has 1 saturated carbocycles. The molecule has 0 radical (unpaired) electrons. The summed E-state index contributed by atoms with van der Waals surface area (Å²) in [6.07, 6.45) is 1.81. The molecule has 0 saturated heterocycles. The summed E-state index contributed by atoms with van der Waals surface area (Å²) in [5.74, 6) is 0.555. The van der Waals surface area contributed by atoms with E-state index in [1.54, 1.807) is 0 Å². The van der Waals surface area contributed by atoms with Crippen LogP contribution in [-0.4, -0.2) is 11.9 Å². The van der Waals surface area contributed by atoms with Crippen molar-refractivity contribution in [1.29, 1.82) is 0 Å². The Balaban J connectivity index is 1.98. The maximum absolute atomic E-state index is 12.5. The van der Waals surface area contributed by atoms with Crippen molar-refractivity contribution in [1.82, 2.24) is 5.32 Å². The number of halogens is 1. The summed E-state index contributed by atoms with van der Waals surface area (Å²) in [4.78, 5) is 12.5. The Morgan fingerprint density at radius 2 is 1.95 bits per heavy atom. The molecule has 0 bridgehead atoms. The van der Waals surface area contributed by atoms with Crippen molar-refractivity contribution in [2.75, 3.05) is 0 Å². The maximum Gasteiger partial charge on any atom is 0.223 e. The minimum absolute atomic E-state index is 0.0442. The van der Waals surface area contributed by atoms with Gasteiger partial charge < -0.3 is 11.1 Å². The summed E-state index contributed by atoms with van der Waals surface area (Å²) in [5.41, 5.74) is 7.22. The van der Waals surface area contributed by atoms with E-state index in [0.29, 0.717) is 12.5 Å². The van der Waals surface area contributed by atoms with Crippen molar-refractivity contribution < 1.29 is 4.79 Å². The summed E-state index contributed by atoms with van der Waals surface area (Å²) >= 11 is 3.42. The molecule has 0 heterocycles. The molecule has 2 rings (SSSR count). The number of carbonyl (C=O) groups is 1. The molecule has 3 nitrogen and oxygen atoms in total. The van der Waals surface area contributed by atoms with Gasteiger partial charge in [-0.25, -0.2) is 0 Å². The number of nitrogens with one attached hydrogen (secondary N) is 1. The molecule has 1 amide bonds. The minimum Gasteiger partial charge on any atom is -0.352 e. The Morgan fingerprint density at radius 3 is 2.57 bits per heavy atom. The van der Waals surface area contributed by atoms with Gasteiger partial charge in [0.25, 0.3) is 0 Å². The quantitative estimate of drug-likeness (QED) is 0.874. The van der Waals surface area contributed by atoms with Gasteiger partial charge in [-0.15, -0.1) is 0 Å². The van der Waals surface area contributed by atoms with E-state index in [4.69, 9.17) is 5.73 Å². The molecule has 116 valence electrons. The van der Waals surface area contributed by atoms with Crippen LogP contribution in [0.4, 0.5) is 0 Å². The Morgan fingerprint density at radius 1 is 1.33 bits per heavy atom. The van der Waals surface area contributed by atoms with E-state index < -0.39 is 0 Å². The van der Waals surface area contributed by atoms with Gasteiger partial charge in [0.1, 0.15) is 0 Å². The molecule has 0 aliphatic heterocycles. The third-order valence-electron chi connectivity index (χ3n) is 5.20. The number of rotatable bonds is 3. The lowest BCUT2D eigenvalue weighted by atomic mass is 9.61. The van der Waals surface area contributed by atoms with Crippen LogP contribution in [-0.2, 0) is 11.3 Å². The van der Waals surface area contributed by atoms with Gasteiger partial charge in [0.05, 0.1) is 0 Å². The molecule has 1 aromatic rings. The van der Waals surface area contributed by atoms with E-state index in [-0.39, 0.29) is 23.3 Å². The predicted octanol–water partition coefficient (Wildman–Crippen LogP) is 3.46. The highest BCUT2D eigenvalue weighted by Gasteiger charge is 2.44. The summed E-state index contributed by atoms with van der Waals surface area (Å²) in [5, 5.41) is 3.08. The Bertz CT molecular complexity index is 498. The SMILES string of the molecule is CC1C(N)CCC(C(=O)NCc2ccc(Br)cc2)C1(C)C. The summed E-state index contributed by atoms with van der Waals surface area (Å²) in [6.45, 7) is 7.08. The highest BCUT2D eigenvalue weighted by Crippen LogP contribution is 2.44. The maximum atomic E-state index is 12.5. The Hall–Kier alpha value is -0.870. The van der Waals surface area contributed by atoms with Gasteiger partial charge in [-0.05, 0) is 41.9 Å². The lowest BCUT2D eigenvalue weighted by molar-refractivity contribution is -0.132. The van der Waals surface area contributed by atoms with Crippen LogP contribution in [0.2, 0.25) is 0 Å². The number of nitrogens with two attached hydrogens (primary N) is 1. The second-order valence-corrected chi connectivity index (χ2v) is 7.66. The van der Waals surface area contributed by atoms with Crippen LogP contribution < -0.4 is 11.1 Å². The third kappa shape index (κ3) is 3.67. The highest BCUT2D eigenvalue weighted by molar-refractivity contribution is 9.10. The first-order valence-electron chi connectivity index (χ1n) is 7.60. The fraction of sp³-hybridized carbons (Fsp3) is 0.588. The fourth-order valence-corrected chi connectivity index (χ4v) is 3.50. The van der Waals surface area contributed by atoms with Gasteiger partial charge >= 0.3 is 0 Å². The van der Waals surface area contributed by atoms with Crippen molar-refractivity contribution >= 4 is 21.8 Å². The molecule has 0 spiro atoms. The monoisotopic (exact) mass is 352 g/mol. The average molecular weight is 353 g/mol. The van der Waals surface area contributed by atoms with Crippen LogP contribution in [0.25, 0.3) is 0 Å². The van der Waals surface area contributed by atoms with E-state index in [1.807, 2.05) is 24.3 Å². The van der Waals surface area contributed by atoms with E-state index in [9.17, 15) is 4.79 Å². The van der Waals surface area contributed by atoms with Crippen LogP contribution in [0.15, 0.2) is 28.7 Å². The van der Waals surface area contributed by atoms with Crippen LogP contribution in [0.1, 0.15) is 39.2 Å². The van der Waals surface area contributed by atoms with E-state index in [0.717, 1.165) is 22.9 Å². The number of carbonyl (C=O) groups excluding carboxylic acids is 1. The zero-order valence-corrected chi connectivity index (χ0v) is 14.6. The third-order valence-corrected chi connectivity index (χ3v) is 5.73. The normalized spacial score (nSPS) is 28.1. The zero-order chi connectivity index (χ0) is 15.6. The number of benzene rings is 1. The lowest BCUT2D eigenvalue weighted by Gasteiger charge is -2.46. The number of amides is 1. The van der Waals surface area contributed by atoms with Crippen molar-refractivity contribution in [2.45, 2.75) is 46.2 Å². The van der Waals surface area contributed by atoms with Gasteiger partial charge in [0, 0.05) is 23.0 Å². The molecule has 3 unspecified atom stereocenters. The second-order valence-electron chi connectivity index (χ2n) is 6.75. The summed E-state index contributed by atoms with van der Waals surface area (Å²) in [7, 11) is 0. The van der Waals surface area contributed by atoms with Gasteiger partial charge in [-0.1, -0.05) is 48.8 Å². The first kappa shape index (κ1) is 16.5. The highest BCUT2D eigenvalue weighted by atomic mass is 79.9. The largest absolute Gasteiger partial charge is 0.352 e. The number of hydrogen-bond acceptors (Lipinski definition) is 2. The van der Waals surface area contributed by atoms with Crippen molar-refractivity contribution in [3.05, 3.63) is 34.3 Å².